The SMILES string of the molecule is OB(O)Oc1ccc(Cn2cnc3nccnc32)cc1. The smallest absolute Gasteiger partial charge is 0.512 e. The number of benzene rings is 1. The highest BCUT2D eigenvalue weighted by Crippen LogP contribution is 2.15. The molecule has 2 heterocycles. The molecule has 3 aromatic rings. The maximum atomic E-state index is 8.71. The van der Waals surface area contributed by atoms with E-state index < -0.39 is 7.32 Å². The molecule has 0 unspecified atom stereocenters. The Labute approximate surface area is 114 Å². The van der Waals surface area contributed by atoms with Crippen molar-refractivity contribution in [3.05, 3.63) is 48.5 Å². The number of imidazole rings is 1. The Morgan fingerprint density at radius 2 is 1.80 bits per heavy atom. The number of hydrogen-bond donors (Lipinski definition) is 2. The van der Waals surface area contributed by atoms with Crippen molar-refractivity contribution >= 4 is 18.6 Å². The van der Waals surface area contributed by atoms with E-state index in [4.69, 9.17) is 14.7 Å². The summed E-state index contributed by atoms with van der Waals surface area (Å²) in [4.78, 5) is 12.5. The van der Waals surface area contributed by atoms with Crippen LogP contribution in [0, 0.1) is 0 Å². The van der Waals surface area contributed by atoms with Crippen LogP contribution in [-0.4, -0.2) is 36.9 Å². The average molecular weight is 270 g/mol. The maximum absolute atomic E-state index is 8.71. The van der Waals surface area contributed by atoms with Crippen molar-refractivity contribution in [3.8, 4) is 5.75 Å². The summed E-state index contributed by atoms with van der Waals surface area (Å²) in [6.07, 6.45) is 4.92. The molecule has 100 valence electrons. The van der Waals surface area contributed by atoms with E-state index in [1.165, 1.54) is 0 Å². The lowest BCUT2D eigenvalue weighted by molar-refractivity contribution is 0.288. The molecule has 0 aliphatic carbocycles. The second kappa shape index (κ2) is 5.28. The van der Waals surface area contributed by atoms with Crippen molar-refractivity contribution in [2.45, 2.75) is 6.54 Å². The molecular weight excluding hydrogens is 259 g/mol. The van der Waals surface area contributed by atoms with E-state index in [9.17, 15) is 0 Å². The topological polar surface area (TPSA) is 93.3 Å². The first-order valence-corrected chi connectivity index (χ1v) is 5.96. The van der Waals surface area contributed by atoms with Gasteiger partial charge in [0.1, 0.15) is 5.75 Å². The molecule has 0 spiro atoms. The van der Waals surface area contributed by atoms with Crippen molar-refractivity contribution in [2.75, 3.05) is 0 Å². The van der Waals surface area contributed by atoms with E-state index in [-0.39, 0.29) is 0 Å². The van der Waals surface area contributed by atoms with Gasteiger partial charge in [-0.3, -0.25) is 0 Å². The second-order valence-corrected chi connectivity index (χ2v) is 4.16. The van der Waals surface area contributed by atoms with Crippen LogP contribution in [0.25, 0.3) is 11.3 Å². The number of hydrogen-bond acceptors (Lipinski definition) is 6. The highest BCUT2D eigenvalue weighted by molar-refractivity contribution is 6.33. The monoisotopic (exact) mass is 270 g/mol. The summed E-state index contributed by atoms with van der Waals surface area (Å²) in [7, 11) is -1.81. The molecule has 2 aromatic heterocycles. The zero-order chi connectivity index (χ0) is 13.9. The summed E-state index contributed by atoms with van der Waals surface area (Å²) in [5.74, 6) is 0.388. The Morgan fingerprint density at radius 1 is 1.05 bits per heavy atom. The molecule has 8 heteroatoms. The molecule has 0 saturated heterocycles. The van der Waals surface area contributed by atoms with Gasteiger partial charge in [0.2, 0.25) is 0 Å². The van der Waals surface area contributed by atoms with Crippen LogP contribution in [-0.2, 0) is 6.54 Å². The Bertz CT molecular complexity index is 714. The zero-order valence-electron chi connectivity index (χ0n) is 10.4. The third-order valence-electron chi connectivity index (χ3n) is 2.77. The first-order valence-electron chi connectivity index (χ1n) is 5.96. The van der Waals surface area contributed by atoms with Crippen LogP contribution < -0.4 is 4.65 Å². The van der Waals surface area contributed by atoms with E-state index >= 15 is 0 Å². The molecule has 0 radical (unpaired) electrons. The lowest BCUT2D eigenvalue weighted by Crippen LogP contribution is -2.20. The lowest BCUT2D eigenvalue weighted by Gasteiger charge is -2.07. The number of nitrogens with zero attached hydrogens (tertiary/aromatic N) is 4. The van der Waals surface area contributed by atoms with E-state index in [1.54, 1.807) is 30.9 Å². The number of rotatable bonds is 4. The lowest BCUT2D eigenvalue weighted by atomic mass is 10.2. The van der Waals surface area contributed by atoms with Gasteiger partial charge in [-0.2, -0.15) is 0 Å². The Balaban J connectivity index is 1.80. The van der Waals surface area contributed by atoms with E-state index in [0.717, 1.165) is 11.2 Å². The summed E-state index contributed by atoms with van der Waals surface area (Å²) >= 11 is 0. The predicted octanol–water partition coefficient (Wildman–Crippen LogP) is 0.223. The molecule has 7 nitrogen and oxygen atoms in total. The fourth-order valence-electron chi connectivity index (χ4n) is 1.90. The predicted molar refractivity (Wildman–Crippen MR) is 71.7 cm³/mol. The van der Waals surface area contributed by atoms with Crippen LogP contribution >= 0.6 is 0 Å². The minimum Gasteiger partial charge on any atom is -0.512 e. The van der Waals surface area contributed by atoms with Crippen molar-refractivity contribution in [2.24, 2.45) is 0 Å². The van der Waals surface area contributed by atoms with Gasteiger partial charge in [-0.15, -0.1) is 0 Å². The van der Waals surface area contributed by atoms with Gasteiger partial charge >= 0.3 is 7.32 Å². The van der Waals surface area contributed by atoms with E-state index in [0.29, 0.717) is 17.9 Å². The molecule has 0 saturated carbocycles. The third kappa shape index (κ3) is 2.61. The standard InChI is InChI=1S/C12H11BN4O3/c18-13(19)20-10-3-1-9(2-4-10)7-17-8-16-11-12(17)15-6-5-14-11/h1-6,8,18-19H,7H2. The normalized spacial score (nSPS) is 10.7. The van der Waals surface area contributed by atoms with Crippen LogP contribution in [0.3, 0.4) is 0 Å². The summed E-state index contributed by atoms with van der Waals surface area (Å²) < 4.78 is 6.63. The Hall–Kier alpha value is -2.45. The summed E-state index contributed by atoms with van der Waals surface area (Å²) in [6.45, 7) is 0.594. The largest absolute Gasteiger partial charge is 0.707 e. The van der Waals surface area contributed by atoms with Gasteiger partial charge in [-0.1, -0.05) is 12.1 Å². The van der Waals surface area contributed by atoms with Crippen LogP contribution in [0.4, 0.5) is 0 Å². The first kappa shape index (κ1) is 12.6. The Morgan fingerprint density at radius 3 is 2.55 bits per heavy atom. The van der Waals surface area contributed by atoms with E-state index in [2.05, 4.69) is 15.0 Å². The third-order valence-corrected chi connectivity index (χ3v) is 2.77. The highest BCUT2D eigenvalue weighted by atomic mass is 16.6. The fourth-order valence-corrected chi connectivity index (χ4v) is 1.90. The minimum absolute atomic E-state index is 0.388. The fraction of sp³-hybridized carbons (Fsp3) is 0.0833. The Kier molecular flexibility index (Phi) is 3.32. The van der Waals surface area contributed by atoms with Crippen molar-refractivity contribution in [1.82, 2.24) is 19.5 Å². The van der Waals surface area contributed by atoms with Crippen LogP contribution in [0.1, 0.15) is 5.56 Å². The first-order chi connectivity index (χ1) is 9.72. The summed E-state index contributed by atoms with van der Waals surface area (Å²) in [5, 5.41) is 17.4. The van der Waals surface area contributed by atoms with Crippen molar-refractivity contribution in [3.63, 3.8) is 0 Å². The van der Waals surface area contributed by atoms with Gasteiger partial charge in [-0.25, -0.2) is 15.0 Å². The average Bonchev–Trinajstić information content (AvgIpc) is 2.84. The molecule has 0 atom stereocenters. The number of fused-ring (bicyclic) bond motifs is 1. The molecule has 3 rings (SSSR count). The molecule has 2 N–H and O–H groups in total. The van der Waals surface area contributed by atoms with Gasteiger partial charge < -0.3 is 19.3 Å². The molecule has 0 bridgehead atoms. The quantitative estimate of drug-likeness (QED) is 0.659. The molecule has 0 aliphatic heterocycles. The molecule has 0 amide bonds. The highest BCUT2D eigenvalue weighted by Gasteiger charge is 2.11. The van der Waals surface area contributed by atoms with Crippen LogP contribution in [0.15, 0.2) is 43.0 Å². The van der Waals surface area contributed by atoms with Crippen LogP contribution in [0.2, 0.25) is 0 Å². The number of aromatic nitrogens is 4. The van der Waals surface area contributed by atoms with Crippen molar-refractivity contribution < 1.29 is 14.7 Å². The van der Waals surface area contributed by atoms with E-state index in [1.807, 2.05) is 16.7 Å². The van der Waals surface area contributed by atoms with Gasteiger partial charge in [0.25, 0.3) is 0 Å². The van der Waals surface area contributed by atoms with Crippen LogP contribution in [0.5, 0.6) is 5.75 Å². The molecule has 1 aromatic carbocycles. The van der Waals surface area contributed by atoms with Gasteiger partial charge in [0.15, 0.2) is 11.3 Å². The maximum Gasteiger partial charge on any atom is 0.707 e. The summed E-state index contributed by atoms with van der Waals surface area (Å²) in [5.41, 5.74) is 2.34. The molecule has 20 heavy (non-hydrogen) atoms. The van der Waals surface area contributed by atoms with Gasteiger partial charge in [-0.05, 0) is 17.7 Å². The minimum atomic E-state index is -1.81. The van der Waals surface area contributed by atoms with Gasteiger partial charge in [0, 0.05) is 12.4 Å². The zero-order valence-corrected chi connectivity index (χ0v) is 10.4. The molecular formula is C12H11BN4O3. The second-order valence-electron chi connectivity index (χ2n) is 4.16. The molecule has 0 aliphatic rings. The summed E-state index contributed by atoms with van der Waals surface area (Å²) in [6, 6.07) is 7.00. The van der Waals surface area contributed by atoms with Crippen molar-refractivity contribution in [1.29, 1.82) is 0 Å². The molecule has 0 fully saturated rings. The van der Waals surface area contributed by atoms with Gasteiger partial charge in [0.05, 0.1) is 12.9 Å².